The summed E-state index contributed by atoms with van der Waals surface area (Å²) in [4.78, 5) is 0. The number of aryl methyl sites for hydroxylation is 1. The van der Waals surface area contributed by atoms with Crippen molar-refractivity contribution in [1.82, 2.24) is 0 Å². The first-order chi connectivity index (χ1) is 6.47. The molecule has 0 aliphatic carbocycles. The molecule has 0 fully saturated rings. The van der Waals surface area contributed by atoms with Crippen molar-refractivity contribution in [2.24, 2.45) is 0 Å². The van der Waals surface area contributed by atoms with Crippen LogP contribution in [0.4, 0.5) is 4.39 Å². The quantitative estimate of drug-likeness (QED) is 0.787. The van der Waals surface area contributed by atoms with Crippen LogP contribution in [-0.2, 0) is 5.60 Å². The Kier molecular flexibility index (Phi) is 3.27. The van der Waals surface area contributed by atoms with Crippen molar-refractivity contribution in [1.29, 1.82) is 0 Å². The Morgan fingerprint density at radius 2 is 2.07 bits per heavy atom. The number of hydrogen-bond donors (Lipinski definition) is 1. The molecule has 1 rings (SSSR count). The van der Waals surface area contributed by atoms with Gasteiger partial charge in [0.15, 0.2) is 0 Å². The van der Waals surface area contributed by atoms with E-state index in [-0.39, 0.29) is 5.82 Å². The van der Waals surface area contributed by atoms with Crippen LogP contribution in [0.25, 0.3) is 0 Å². The number of aliphatic hydroxyl groups is 1. The summed E-state index contributed by atoms with van der Waals surface area (Å²) in [5.41, 5.74) is 0.713. The van der Waals surface area contributed by atoms with Gasteiger partial charge in [-0.1, -0.05) is 19.4 Å². The van der Waals surface area contributed by atoms with Crippen molar-refractivity contribution in [3.63, 3.8) is 0 Å². The number of halogens is 1. The maximum atomic E-state index is 13.0. The highest BCUT2D eigenvalue weighted by Gasteiger charge is 2.23. The molecule has 2 heteroatoms. The molecule has 0 aromatic heterocycles. The van der Waals surface area contributed by atoms with E-state index >= 15 is 0 Å². The van der Waals surface area contributed by atoms with Crippen LogP contribution >= 0.6 is 0 Å². The minimum Gasteiger partial charge on any atom is -0.385 e. The summed E-state index contributed by atoms with van der Waals surface area (Å²) < 4.78 is 13.0. The lowest BCUT2D eigenvalue weighted by atomic mass is 9.88. The fourth-order valence-corrected chi connectivity index (χ4v) is 1.80. The zero-order chi connectivity index (χ0) is 10.8. The normalized spacial score (nSPS) is 15.2. The molecule has 0 heterocycles. The van der Waals surface area contributed by atoms with Gasteiger partial charge in [-0.2, -0.15) is 0 Å². The zero-order valence-corrected chi connectivity index (χ0v) is 8.97. The lowest BCUT2D eigenvalue weighted by Gasteiger charge is -2.25. The van der Waals surface area contributed by atoms with Crippen LogP contribution in [0, 0.1) is 12.7 Å². The van der Waals surface area contributed by atoms with Gasteiger partial charge in [0.1, 0.15) is 5.82 Å². The average molecular weight is 196 g/mol. The van der Waals surface area contributed by atoms with Crippen LogP contribution < -0.4 is 0 Å². The zero-order valence-electron chi connectivity index (χ0n) is 8.97. The minimum atomic E-state index is -0.916. The highest BCUT2D eigenvalue weighted by atomic mass is 19.1. The highest BCUT2D eigenvalue weighted by molar-refractivity contribution is 5.31. The maximum absolute atomic E-state index is 13.0. The smallest absolute Gasteiger partial charge is 0.123 e. The molecule has 0 aliphatic rings. The number of hydrogen-bond acceptors (Lipinski definition) is 1. The Morgan fingerprint density at radius 1 is 1.43 bits per heavy atom. The van der Waals surface area contributed by atoms with Crippen molar-refractivity contribution in [2.75, 3.05) is 0 Å². The van der Waals surface area contributed by atoms with Gasteiger partial charge in [0.25, 0.3) is 0 Å². The predicted molar refractivity (Wildman–Crippen MR) is 55.6 cm³/mol. The molecule has 14 heavy (non-hydrogen) atoms. The molecule has 0 unspecified atom stereocenters. The average Bonchev–Trinajstić information content (AvgIpc) is 2.09. The first-order valence-corrected chi connectivity index (χ1v) is 4.96. The summed E-state index contributed by atoms with van der Waals surface area (Å²) in [6.07, 6.45) is 1.53. The molecule has 0 aliphatic heterocycles. The van der Waals surface area contributed by atoms with Gasteiger partial charge in [0, 0.05) is 0 Å². The molecule has 0 radical (unpaired) electrons. The predicted octanol–water partition coefficient (Wildman–Crippen LogP) is 3.14. The monoisotopic (exact) mass is 196 g/mol. The largest absolute Gasteiger partial charge is 0.385 e. The molecule has 78 valence electrons. The van der Waals surface area contributed by atoms with E-state index in [0.717, 1.165) is 12.0 Å². The summed E-state index contributed by atoms with van der Waals surface area (Å²) >= 11 is 0. The lowest BCUT2D eigenvalue weighted by Crippen LogP contribution is -2.22. The van der Waals surface area contributed by atoms with Crippen molar-refractivity contribution in [3.05, 3.63) is 35.1 Å². The van der Waals surface area contributed by atoms with Gasteiger partial charge in [0.05, 0.1) is 5.60 Å². The molecule has 0 bridgehead atoms. The highest BCUT2D eigenvalue weighted by Crippen LogP contribution is 2.28. The van der Waals surface area contributed by atoms with E-state index in [1.807, 2.05) is 13.8 Å². The van der Waals surface area contributed by atoms with Crippen LogP contribution in [0.15, 0.2) is 18.2 Å². The summed E-state index contributed by atoms with van der Waals surface area (Å²) in [5, 5.41) is 10.1. The van der Waals surface area contributed by atoms with E-state index in [1.165, 1.54) is 12.1 Å². The third-order valence-electron chi connectivity index (χ3n) is 2.52. The molecule has 1 N–H and O–H groups in total. The fourth-order valence-electron chi connectivity index (χ4n) is 1.80. The third-order valence-corrected chi connectivity index (χ3v) is 2.52. The SMILES string of the molecule is CCC[C@](C)(O)c1cc(F)ccc1C. The van der Waals surface area contributed by atoms with E-state index in [9.17, 15) is 9.50 Å². The van der Waals surface area contributed by atoms with Gasteiger partial charge in [-0.25, -0.2) is 4.39 Å². The van der Waals surface area contributed by atoms with Crippen LogP contribution in [0.5, 0.6) is 0 Å². The number of rotatable bonds is 3. The summed E-state index contributed by atoms with van der Waals surface area (Å²) in [5.74, 6) is -0.290. The van der Waals surface area contributed by atoms with E-state index in [2.05, 4.69) is 0 Å². The van der Waals surface area contributed by atoms with Crippen LogP contribution in [0.3, 0.4) is 0 Å². The molecule has 1 nitrogen and oxygen atoms in total. The van der Waals surface area contributed by atoms with E-state index in [1.54, 1.807) is 13.0 Å². The topological polar surface area (TPSA) is 20.2 Å². The van der Waals surface area contributed by atoms with Gasteiger partial charge in [0.2, 0.25) is 0 Å². The van der Waals surface area contributed by atoms with E-state index < -0.39 is 5.60 Å². The molecule has 0 spiro atoms. The molecular formula is C12H17FO. The molecule has 0 saturated carbocycles. The second kappa shape index (κ2) is 4.09. The summed E-state index contributed by atoms with van der Waals surface area (Å²) in [6, 6.07) is 4.54. The Labute approximate surface area is 84.6 Å². The Hall–Kier alpha value is -0.890. The van der Waals surface area contributed by atoms with Crippen molar-refractivity contribution >= 4 is 0 Å². The molecule has 1 aromatic carbocycles. The Balaban J connectivity index is 3.10. The van der Waals surface area contributed by atoms with Gasteiger partial charge in [-0.05, 0) is 43.5 Å². The van der Waals surface area contributed by atoms with Crippen LogP contribution in [0.1, 0.15) is 37.8 Å². The Bertz CT molecular complexity index is 318. The molecule has 0 amide bonds. The second-order valence-electron chi connectivity index (χ2n) is 3.98. The third kappa shape index (κ3) is 2.32. The van der Waals surface area contributed by atoms with Crippen molar-refractivity contribution in [3.8, 4) is 0 Å². The van der Waals surface area contributed by atoms with E-state index in [4.69, 9.17) is 0 Å². The van der Waals surface area contributed by atoms with Crippen molar-refractivity contribution in [2.45, 2.75) is 39.2 Å². The summed E-state index contributed by atoms with van der Waals surface area (Å²) in [7, 11) is 0. The maximum Gasteiger partial charge on any atom is 0.123 e. The van der Waals surface area contributed by atoms with Gasteiger partial charge in [-0.3, -0.25) is 0 Å². The second-order valence-corrected chi connectivity index (χ2v) is 3.98. The molecule has 1 atom stereocenters. The molecule has 1 aromatic rings. The lowest BCUT2D eigenvalue weighted by molar-refractivity contribution is 0.0460. The minimum absolute atomic E-state index is 0.290. The van der Waals surface area contributed by atoms with Crippen molar-refractivity contribution < 1.29 is 9.50 Å². The van der Waals surface area contributed by atoms with Gasteiger partial charge in [-0.15, -0.1) is 0 Å². The van der Waals surface area contributed by atoms with E-state index in [0.29, 0.717) is 12.0 Å². The first-order valence-electron chi connectivity index (χ1n) is 4.96. The van der Waals surface area contributed by atoms with Gasteiger partial charge < -0.3 is 5.11 Å². The van der Waals surface area contributed by atoms with Crippen LogP contribution in [-0.4, -0.2) is 5.11 Å². The molecule has 0 saturated heterocycles. The molecular weight excluding hydrogens is 179 g/mol. The first kappa shape index (κ1) is 11.2. The van der Waals surface area contributed by atoms with Gasteiger partial charge >= 0.3 is 0 Å². The summed E-state index contributed by atoms with van der Waals surface area (Å²) in [6.45, 7) is 5.63. The standard InChI is InChI=1S/C12H17FO/c1-4-7-12(3,14)11-8-10(13)6-5-9(11)2/h5-6,8,14H,4,7H2,1-3H3/t12-/m0/s1. The number of benzene rings is 1. The Morgan fingerprint density at radius 3 is 2.64 bits per heavy atom. The fraction of sp³-hybridized carbons (Fsp3) is 0.500. The van der Waals surface area contributed by atoms with Crippen LogP contribution in [0.2, 0.25) is 0 Å².